The van der Waals surface area contributed by atoms with Crippen LogP contribution >= 0.6 is 0 Å². The largest absolute Gasteiger partial charge is 0.319 e. The fourth-order valence-electron chi connectivity index (χ4n) is 2.30. The Morgan fingerprint density at radius 2 is 1.46 bits per heavy atom. The van der Waals surface area contributed by atoms with Gasteiger partial charge in [0.2, 0.25) is 0 Å². The number of amides is 1. The fraction of sp³-hybridized carbons (Fsp3) is 0. The van der Waals surface area contributed by atoms with E-state index >= 15 is 0 Å². The SMILES string of the molecule is O=C(Nc1ccccc1F)c1ccc(NS(=O)(=O)c2ccc(F)c(F)c2)cc1. The summed E-state index contributed by atoms with van der Waals surface area (Å²) in [5.74, 6) is -3.63. The molecule has 1 amide bonds. The molecule has 0 aliphatic heterocycles. The number of anilines is 2. The molecule has 144 valence electrons. The van der Waals surface area contributed by atoms with E-state index in [9.17, 15) is 26.4 Å². The molecule has 28 heavy (non-hydrogen) atoms. The summed E-state index contributed by atoms with van der Waals surface area (Å²) >= 11 is 0. The summed E-state index contributed by atoms with van der Waals surface area (Å²) in [5, 5.41) is 2.40. The van der Waals surface area contributed by atoms with Crippen molar-refractivity contribution in [3.8, 4) is 0 Å². The minimum atomic E-state index is -4.15. The summed E-state index contributed by atoms with van der Waals surface area (Å²) in [7, 11) is -4.15. The monoisotopic (exact) mass is 406 g/mol. The van der Waals surface area contributed by atoms with Gasteiger partial charge in [0.05, 0.1) is 10.6 Å². The summed E-state index contributed by atoms with van der Waals surface area (Å²) in [6, 6.07) is 13.1. The molecule has 3 rings (SSSR count). The molecule has 0 spiro atoms. The highest BCUT2D eigenvalue weighted by Gasteiger charge is 2.17. The first-order chi connectivity index (χ1) is 13.3. The molecule has 0 saturated heterocycles. The predicted octanol–water partition coefficient (Wildman–Crippen LogP) is 4.16. The molecule has 0 saturated carbocycles. The van der Waals surface area contributed by atoms with Crippen LogP contribution < -0.4 is 10.0 Å². The summed E-state index contributed by atoms with van der Waals surface area (Å²) in [6.45, 7) is 0. The van der Waals surface area contributed by atoms with Crippen LogP contribution in [0.25, 0.3) is 0 Å². The number of rotatable bonds is 5. The molecule has 3 aromatic rings. The van der Waals surface area contributed by atoms with Crippen molar-refractivity contribution in [3.05, 3.63) is 89.7 Å². The second-order valence-corrected chi connectivity index (χ2v) is 7.38. The molecule has 9 heteroatoms. The number of benzene rings is 3. The van der Waals surface area contributed by atoms with E-state index in [0.717, 1.165) is 6.07 Å². The van der Waals surface area contributed by atoms with Gasteiger partial charge in [-0.3, -0.25) is 9.52 Å². The van der Waals surface area contributed by atoms with E-state index in [1.807, 2.05) is 0 Å². The Balaban J connectivity index is 1.74. The molecule has 0 atom stereocenters. The fourth-order valence-corrected chi connectivity index (χ4v) is 3.37. The van der Waals surface area contributed by atoms with Crippen LogP contribution in [0.15, 0.2) is 71.6 Å². The van der Waals surface area contributed by atoms with E-state index in [2.05, 4.69) is 10.0 Å². The van der Waals surface area contributed by atoms with Gasteiger partial charge in [0.25, 0.3) is 15.9 Å². The summed E-state index contributed by atoms with van der Waals surface area (Å²) in [5.41, 5.74) is 0.279. The van der Waals surface area contributed by atoms with Crippen LogP contribution in [0.2, 0.25) is 0 Å². The normalized spacial score (nSPS) is 11.1. The topological polar surface area (TPSA) is 75.3 Å². The molecule has 0 aliphatic rings. The zero-order valence-corrected chi connectivity index (χ0v) is 14.9. The zero-order valence-electron chi connectivity index (χ0n) is 14.1. The maximum atomic E-state index is 13.6. The third-order valence-corrected chi connectivity index (χ3v) is 5.10. The molecule has 0 fully saturated rings. The lowest BCUT2D eigenvalue weighted by molar-refractivity contribution is 0.102. The van der Waals surface area contributed by atoms with Gasteiger partial charge >= 0.3 is 0 Å². The van der Waals surface area contributed by atoms with Gasteiger partial charge in [-0.2, -0.15) is 0 Å². The van der Waals surface area contributed by atoms with E-state index < -0.39 is 38.3 Å². The van der Waals surface area contributed by atoms with Crippen molar-refractivity contribution in [2.75, 3.05) is 10.0 Å². The Kier molecular flexibility index (Phi) is 5.36. The van der Waals surface area contributed by atoms with Gasteiger partial charge in [0, 0.05) is 11.3 Å². The molecule has 0 unspecified atom stereocenters. The second-order valence-electron chi connectivity index (χ2n) is 5.69. The van der Waals surface area contributed by atoms with Gasteiger partial charge in [-0.15, -0.1) is 0 Å². The van der Waals surface area contributed by atoms with Crippen LogP contribution in [-0.2, 0) is 10.0 Å². The highest BCUT2D eigenvalue weighted by atomic mass is 32.2. The highest BCUT2D eigenvalue weighted by Crippen LogP contribution is 2.20. The van der Waals surface area contributed by atoms with Crippen LogP contribution in [0, 0.1) is 17.5 Å². The van der Waals surface area contributed by atoms with Crippen molar-refractivity contribution in [3.63, 3.8) is 0 Å². The Labute approximate surface area is 158 Å². The molecule has 0 aromatic heterocycles. The number of para-hydroxylation sites is 1. The highest BCUT2D eigenvalue weighted by molar-refractivity contribution is 7.92. The standard InChI is InChI=1S/C19H13F3N2O3S/c20-15-10-9-14(11-17(15)22)28(26,27)24-13-7-5-12(6-8-13)19(25)23-18-4-2-1-3-16(18)21/h1-11,24H,(H,23,25). The van der Waals surface area contributed by atoms with E-state index in [0.29, 0.717) is 12.1 Å². The van der Waals surface area contributed by atoms with E-state index in [-0.39, 0.29) is 16.9 Å². The van der Waals surface area contributed by atoms with E-state index in [1.54, 1.807) is 6.07 Å². The first-order valence-corrected chi connectivity index (χ1v) is 9.38. The average molecular weight is 406 g/mol. The van der Waals surface area contributed by atoms with Crippen LogP contribution in [0.4, 0.5) is 24.5 Å². The maximum absolute atomic E-state index is 13.6. The lowest BCUT2D eigenvalue weighted by atomic mass is 10.2. The first kappa shape index (κ1) is 19.4. The van der Waals surface area contributed by atoms with Gasteiger partial charge in [0.15, 0.2) is 11.6 Å². The van der Waals surface area contributed by atoms with Crippen molar-refractivity contribution in [2.24, 2.45) is 0 Å². The quantitative estimate of drug-likeness (QED) is 0.668. The summed E-state index contributed by atoms with van der Waals surface area (Å²) in [4.78, 5) is 11.7. The second kappa shape index (κ2) is 7.73. The van der Waals surface area contributed by atoms with Gasteiger partial charge in [-0.05, 0) is 54.6 Å². The van der Waals surface area contributed by atoms with Crippen molar-refractivity contribution in [2.45, 2.75) is 4.90 Å². The Morgan fingerprint density at radius 3 is 2.11 bits per heavy atom. The molecular formula is C19H13F3N2O3S. The van der Waals surface area contributed by atoms with Gasteiger partial charge in [-0.1, -0.05) is 12.1 Å². The lowest BCUT2D eigenvalue weighted by Gasteiger charge is -2.10. The number of nitrogens with one attached hydrogen (secondary N) is 2. The summed E-state index contributed by atoms with van der Waals surface area (Å²) in [6.07, 6.45) is 0. The number of sulfonamides is 1. The van der Waals surface area contributed by atoms with E-state index in [1.165, 1.54) is 42.5 Å². The number of carbonyl (C=O) groups is 1. The molecule has 3 aromatic carbocycles. The Morgan fingerprint density at radius 1 is 0.786 bits per heavy atom. The number of hydrogen-bond donors (Lipinski definition) is 2. The molecule has 0 bridgehead atoms. The minimum Gasteiger partial charge on any atom is -0.319 e. The first-order valence-electron chi connectivity index (χ1n) is 7.90. The molecule has 0 aliphatic carbocycles. The van der Waals surface area contributed by atoms with Crippen molar-refractivity contribution in [1.29, 1.82) is 0 Å². The van der Waals surface area contributed by atoms with Gasteiger partial charge < -0.3 is 5.32 Å². The molecule has 2 N–H and O–H groups in total. The number of carbonyl (C=O) groups excluding carboxylic acids is 1. The van der Waals surface area contributed by atoms with Crippen LogP contribution in [0.1, 0.15) is 10.4 Å². The smallest absolute Gasteiger partial charge is 0.261 e. The lowest BCUT2D eigenvalue weighted by Crippen LogP contribution is -2.15. The molecule has 5 nitrogen and oxygen atoms in total. The van der Waals surface area contributed by atoms with Gasteiger partial charge in [0.1, 0.15) is 5.82 Å². The third-order valence-electron chi connectivity index (χ3n) is 3.72. The number of halogens is 3. The van der Waals surface area contributed by atoms with Crippen LogP contribution in [0.5, 0.6) is 0 Å². The molecule has 0 radical (unpaired) electrons. The van der Waals surface area contributed by atoms with Crippen LogP contribution in [-0.4, -0.2) is 14.3 Å². The van der Waals surface area contributed by atoms with E-state index in [4.69, 9.17) is 0 Å². The van der Waals surface area contributed by atoms with Crippen molar-refractivity contribution in [1.82, 2.24) is 0 Å². The number of hydrogen-bond acceptors (Lipinski definition) is 3. The zero-order chi connectivity index (χ0) is 20.3. The average Bonchev–Trinajstić information content (AvgIpc) is 2.66. The van der Waals surface area contributed by atoms with Crippen molar-refractivity contribution < 1.29 is 26.4 Å². The predicted molar refractivity (Wildman–Crippen MR) is 98.0 cm³/mol. The van der Waals surface area contributed by atoms with Crippen molar-refractivity contribution >= 4 is 27.3 Å². The Bertz CT molecular complexity index is 1130. The molecular weight excluding hydrogens is 393 g/mol. The minimum absolute atomic E-state index is 0.00983. The van der Waals surface area contributed by atoms with Gasteiger partial charge in [-0.25, -0.2) is 21.6 Å². The third kappa shape index (κ3) is 4.32. The maximum Gasteiger partial charge on any atom is 0.261 e. The Hall–Kier alpha value is -3.33. The molecule has 0 heterocycles. The summed E-state index contributed by atoms with van der Waals surface area (Å²) < 4.78 is 66.5. The van der Waals surface area contributed by atoms with Crippen LogP contribution in [0.3, 0.4) is 0 Å².